The molecule has 0 saturated carbocycles. The van der Waals surface area contributed by atoms with Gasteiger partial charge in [-0.05, 0) is 84.5 Å². The molecule has 2 rings (SSSR count). The SMILES string of the molecule is C1CC(C2CCNCC2)CCN1.CC(C)(C)OC=O. The molecule has 2 aliphatic heterocycles. The van der Waals surface area contributed by atoms with Gasteiger partial charge >= 0.3 is 0 Å². The summed E-state index contributed by atoms with van der Waals surface area (Å²) in [4.78, 5) is 9.60. The summed E-state index contributed by atoms with van der Waals surface area (Å²) in [5.74, 6) is 2.07. The maximum Gasteiger partial charge on any atom is 0.293 e. The number of nitrogens with one attached hydrogen (secondary N) is 2. The fraction of sp³-hybridized carbons (Fsp3) is 0.933. The molecule has 0 atom stereocenters. The molecule has 112 valence electrons. The minimum Gasteiger partial charge on any atom is -0.462 e. The average Bonchev–Trinajstić information content (AvgIpc) is 2.40. The van der Waals surface area contributed by atoms with Crippen molar-refractivity contribution in [2.24, 2.45) is 11.8 Å². The Morgan fingerprint density at radius 2 is 1.26 bits per heavy atom. The summed E-state index contributed by atoms with van der Waals surface area (Å²) in [6.45, 7) is 11.0. The highest BCUT2D eigenvalue weighted by molar-refractivity contribution is 5.37. The summed E-state index contributed by atoms with van der Waals surface area (Å²) in [6.07, 6.45) is 5.69. The van der Waals surface area contributed by atoms with Crippen molar-refractivity contribution in [3.05, 3.63) is 0 Å². The second-order valence-electron chi connectivity index (χ2n) is 6.50. The van der Waals surface area contributed by atoms with Crippen molar-refractivity contribution in [3.63, 3.8) is 0 Å². The topological polar surface area (TPSA) is 50.4 Å². The smallest absolute Gasteiger partial charge is 0.293 e. The zero-order chi connectivity index (χ0) is 14.1. The highest BCUT2D eigenvalue weighted by atomic mass is 16.5. The van der Waals surface area contributed by atoms with Crippen molar-refractivity contribution in [2.75, 3.05) is 26.2 Å². The average molecular weight is 270 g/mol. The molecule has 0 amide bonds. The van der Waals surface area contributed by atoms with Crippen LogP contribution in [0, 0.1) is 11.8 Å². The van der Waals surface area contributed by atoms with E-state index in [4.69, 9.17) is 0 Å². The molecule has 2 aliphatic rings. The Kier molecular flexibility index (Phi) is 7.39. The van der Waals surface area contributed by atoms with Crippen LogP contribution in [0.3, 0.4) is 0 Å². The summed E-state index contributed by atoms with van der Waals surface area (Å²) in [6, 6.07) is 0. The van der Waals surface area contributed by atoms with E-state index >= 15 is 0 Å². The lowest BCUT2D eigenvalue weighted by Crippen LogP contribution is -2.37. The van der Waals surface area contributed by atoms with Crippen molar-refractivity contribution < 1.29 is 9.53 Å². The van der Waals surface area contributed by atoms with E-state index in [0.717, 1.165) is 11.8 Å². The summed E-state index contributed by atoms with van der Waals surface area (Å²) in [5.41, 5.74) is -0.318. The van der Waals surface area contributed by atoms with E-state index in [1.807, 2.05) is 20.8 Å². The van der Waals surface area contributed by atoms with Gasteiger partial charge in [0.25, 0.3) is 6.47 Å². The van der Waals surface area contributed by atoms with Crippen LogP contribution >= 0.6 is 0 Å². The van der Waals surface area contributed by atoms with Gasteiger partial charge in [0, 0.05) is 0 Å². The molecule has 4 nitrogen and oxygen atoms in total. The largest absolute Gasteiger partial charge is 0.462 e. The lowest BCUT2D eigenvalue weighted by Gasteiger charge is -2.33. The van der Waals surface area contributed by atoms with E-state index in [2.05, 4.69) is 15.4 Å². The van der Waals surface area contributed by atoms with Gasteiger partial charge in [-0.1, -0.05) is 0 Å². The van der Waals surface area contributed by atoms with Gasteiger partial charge in [0.2, 0.25) is 0 Å². The molecule has 2 heterocycles. The number of hydrogen-bond acceptors (Lipinski definition) is 4. The Morgan fingerprint density at radius 3 is 1.47 bits per heavy atom. The van der Waals surface area contributed by atoms with Gasteiger partial charge in [-0.15, -0.1) is 0 Å². The first-order valence-electron chi connectivity index (χ1n) is 7.56. The van der Waals surface area contributed by atoms with E-state index in [0.29, 0.717) is 6.47 Å². The fourth-order valence-corrected chi connectivity index (χ4v) is 2.78. The Morgan fingerprint density at radius 1 is 0.895 bits per heavy atom. The summed E-state index contributed by atoms with van der Waals surface area (Å²) < 4.78 is 4.55. The molecule has 19 heavy (non-hydrogen) atoms. The molecule has 2 fully saturated rings. The van der Waals surface area contributed by atoms with Gasteiger partial charge in [-0.2, -0.15) is 0 Å². The minimum absolute atomic E-state index is 0.318. The Labute approximate surface area is 117 Å². The predicted molar refractivity (Wildman–Crippen MR) is 78.1 cm³/mol. The predicted octanol–water partition coefficient (Wildman–Crippen LogP) is 1.94. The maximum atomic E-state index is 9.60. The van der Waals surface area contributed by atoms with Crippen LogP contribution in [0.5, 0.6) is 0 Å². The number of ether oxygens (including phenoxy) is 1. The second kappa shape index (κ2) is 8.54. The summed E-state index contributed by atoms with van der Waals surface area (Å²) >= 11 is 0. The van der Waals surface area contributed by atoms with Crippen molar-refractivity contribution in [2.45, 2.75) is 52.1 Å². The zero-order valence-electron chi connectivity index (χ0n) is 12.7. The molecule has 0 aromatic carbocycles. The molecule has 2 saturated heterocycles. The normalized spacial score (nSPS) is 22.3. The summed E-state index contributed by atoms with van der Waals surface area (Å²) in [7, 11) is 0. The van der Waals surface area contributed by atoms with Gasteiger partial charge in [0.05, 0.1) is 0 Å². The van der Waals surface area contributed by atoms with Gasteiger partial charge in [-0.3, -0.25) is 4.79 Å². The number of hydrogen-bond donors (Lipinski definition) is 2. The third-order valence-electron chi connectivity index (χ3n) is 3.84. The van der Waals surface area contributed by atoms with E-state index < -0.39 is 0 Å². The molecule has 4 heteroatoms. The number of rotatable bonds is 2. The lowest BCUT2D eigenvalue weighted by molar-refractivity contribution is -0.138. The standard InChI is InChI=1S/C10H20N2.C5H10O2/c1-5-11-6-2-9(1)10-3-7-12-8-4-10;1-5(2,3)7-4-6/h9-12H,1-8H2;4H,1-3H3. The highest BCUT2D eigenvalue weighted by Gasteiger charge is 2.24. The van der Waals surface area contributed by atoms with Crippen molar-refractivity contribution in [1.82, 2.24) is 10.6 Å². The monoisotopic (exact) mass is 270 g/mol. The van der Waals surface area contributed by atoms with Crippen LogP contribution in [0.15, 0.2) is 0 Å². The first-order valence-corrected chi connectivity index (χ1v) is 7.56. The highest BCUT2D eigenvalue weighted by Crippen LogP contribution is 2.28. The molecule has 2 N–H and O–H groups in total. The van der Waals surface area contributed by atoms with Gasteiger partial charge in [0.1, 0.15) is 5.60 Å². The van der Waals surface area contributed by atoms with Crippen molar-refractivity contribution in [1.29, 1.82) is 0 Å². The third-order valence-corrected chi connectivity index (χ3v) is 3.84. The number of piperidine rings is 2. The molecule has 0 aromatic heterocycles. The Bertz CT molecular complexity index is 223. The van der Waals surface area contributed by atoms with E-state index in [9.17, 15) is 4.79 Å². The molecule has 0 unspecified atom stereocenters. The second-order valence-corrected chi connectivity index (χ2v) is 6.50. The Balaban J connectivity index is 0.000000224. The first kappa shape index (κ1) is 16.4. The van der Waals surface area contributed by atoms with Crippen LogP contribution in [0.2, 0.25) is 0 Å². The molecule has 0 aliphatic carbocycles. The van der Waals surface area contributed by atoms with Crippen molar-refractivity contribution in [3.8, 4) is 0 Å². The van der Waals surface area contributed by atoms with E-state index in [1.54, 1.807) is 0 Å². The molecule has 0 bridgehead atoms. The van der Waals surface area contributed by atoms with Crippen LogP contribution in [0.4, 0.5) is 0 Å². The van der Waals surface area contributed by atoms with Crippen LogP contribution in [-0.4, -0.2) is 38.3 Å². The van der Waals surface area contributed by atoms with Gasteiger partial charge < -0.3 is 15.4 Å². The number of carbonyl (C=O) groups is 1. The summed E-state index contributed by atoms with van der Waals surface area (Å²) in [5, 5.41) is 6.88. The van der Waals surface area contributed by atoms with Crippen molar-refractivity contribution >= 4 is 6.47 Å². The van der Waals surface area contributed by atoms with E-state index in [1.165, 1.54) is 51.9 Å². The van der Waals surface area contributed by atoms with Crippen LogP contribution in [-0.2, 0) is 9.53 Å². The first-order chi connectivity index (χ1) is 9.03. The molecular weight excluding hydrogens is 240 g/mol. The Hall–Kier alpha value is -0.610. The van der Waals surface area contributed by atoms with Crippen LogP contribution in [0.1, 0.15) is 46.5 Å². The molecular formula is C15H30N2O2. The lowest BCUT2D eigenvalue weighted by atomic mass is 9.80. The third kappa shape index (κ3) is 7.53. The fourth-order valence-electron chi connectivity index (χ4n) is 2.78. The van der Waals surface area contributed by atoms with E-state index in [-0.39, 0.29) is 5.60 Å². The van der Waals surface area contributed by atoms with Crippen LogP contribution < -0.4 is 10.6 Å². The minimum atomic E-state index is -0.318. The van der Waals surface area contributed by atoms with Gasteiger partial charge in [-0.25, -0.2) is 0 Å². The maximum absolute atomic E-state index is 9.60. The van der Waals surface area contributed by atoms with Crippen LogP contribution in [0.25, 0.3) is 0 Å². The quantitative estimate of drug-likeness (QED) is 0.753. The van der Waals surface area contributed by atoms with Gasteiger partial charge in [0.15, 0.2) is 0 Å². The molecule has 0 spiro atoms. The number of carbonyl (C=O) groups excluding carboxylic acids is 1. The molecule has 0 radical (unpaired) electrons. The molecule has 0 aromatic rings. The zero-order valence-corrected chi connectivity index (χ0v) is 12.7.